The number of carbonyl (C=O) groups excluding carboxylic acids is 2. The molecule has 4 rings (SSSR count). The van der Waals surface area contributed by atoms with Crippen molar-refractivity contribution in [2.45, 2.75) is 19.0 Å². The van der Waals surface area contributed by atoms with Crippen LogP contribution in [0.1, 0.15) is 23.6 Å². The summed E-state index contributed by atoms with van der Waals surface area (Å²) in [6, 6.07) is 11.1. The number of halogens is 2. The molecule has 1 aliphatic heterocycles. The summed E-state index contributed by atoms with van der Waals surface area (Å²) in [4.78, 5) is 31.1. The number of Topliss-reactive ketones (excluding diaryl/α,β-unsaturated/α-hetero) is 1. The fourth-order valence-corrected chi connectivity index (χ4v) is 3.87. The van der Waals surface area contributed by atoms with E-state index in [-0.39, 0.29) is 17.9 Å². The SMILES string of the molecule is O=C1C(=O)N(CCCn2ccnc2)[C@H](c2cccc(F)c2)C1=C(O)c1ccc(Cl)cc1. The van der Waals surface area contributed by atoms with Gasteiger partial charge in [-0.25, -0.2) is 9.37 Å². The summed E-state index contributed by atoms with van der Waals surface area (Å²) in [6.07, 6.45) is 5.68. The molecule has 1 amide bonds. The van der Waals surface area contributed by atoms with E-state index in [4.69, 9.17) is 11.6 Å². The number of aryl methyl sites for hydroxylation is 1. The molecule has 1 saturated heterocycles. The Labute approximate surface area is 183 Å². The summed E-state index contributed by atoms with van der Waals surface area (Å²) >= 11 is 5.92. The van der Waals surface area contributed by atoms with Gasteiger partial charge in [-0.2, -0.15) is 0 Å². The van der Waals surface area contributed by atoms with Crippen LogP contribution in [0, 0.1) is 5.82 Å². The first kappa shape index (κ1) is 20.8. The predicted molar refractivity (Wildman–Crippen MR) is 114 cm³/mol. The largest absolute Gasteiger partial charge is 0.507 e. The number of aliphatic hydroxyl groups excluding tert-OH is 1. The average molecular weight is 440 g/mol. The second-order valence-corrected chi connectivity index (χ2v) is 7.64. The number of aliphatic hydroxyl groups is 1. The Balaban J connectivity index is 1.73. The number of nitrogens with zero attached hydrogens (tertiary/aromatic N) is 3. The van der Waals surface area contributed by atoms with E-state index >= 15 is 0 Å². The number of aromatic nitrogens is 2. The highest BCUT2D eigenvalue weighted by Gasteiger charge is 2.45. The van der Waals surface area contributed by atoms with Gasteiger partial charge in [0.2, 0.25) is 0 Å². The van der Waals surface area contributed by atoms with Crippen molar-refractivity contribution in [1.29, 1.82) is 0 Å². The van der Waals surface area contributed by atoms with Crippen molar-refractivity contribution in [3.8, 4) is 0 Å². The van der Waals surface area contributed by atoms with E-state index in [1.54, 1.807) is 49.1 Å². The van der Waals surface area contributed by atoms with Gasteiger partial charge in [0.25, 0.3) is 11.7 Å². The molecule has 1 aliphatic rings. The zero-order valence-electron chi connectivity index (χ0n) is 16.4. The van der Waals surface area contributed by atoms with Crippen LogP contribution in [0.2, 0.25) is 5.02 Å². The summed E-state index contributed by atoms with van der Waals surface area (Å²) in [5, 5.41) is 11.4. The van der Waals surface area contributed by atoms with Gasteiger partial charge >= 0.3 is 0 Å². The molecule has 0 bridgehead atoms. The fourth-order valence-electron chi connectivity index (χ4n) is 3.74. The molecule has 2 aromatic carbocycles. The lowest BCUT2D eigenvalue weighted by Gasteiger charge is -2.25. The summed E-state index contributed by atoms with van der Waals surface area (Å²) in [5.41, 5.74) is 0.695. The lowest BCUT2D eigenvalue weighted by molar-refractivity contribution is -0.139. The summed E-state index contributed by atoms with van der Waals surface area (Å²) < 4.78 is 15.8. The molecule has 1 atom stereocenters. The lowest BCUT2D eigenvalue weighted by atomic mass is 9.95. The number of ketones is 1. The molecular formula is C23H19ClFN3O3. The van der Waals surface area contributed by atoms with Crippen LogP contribution in [0.15, 0.2) is 72.8 Å². The zero-order chi connectivity index (χ0) is 22.0. The Morgan fingerprint density at radius 1 is 1.13 bits per heavy atom. The molecule has 3 aromatic rings. The Morgan fingerprint density at radius 3 is 2.58 bits per heavy atom. The monoisotopic (exact) mass is 439 g/mol. The minimum Gasteiger partial charge on any atom is -0.507 e. The third kappa shape index (κ3) is 4.22. The molecule has 8 heteroatoms. The van der Waals surface area contributed by atoms with Gasteiger partial charge in [-0.15, -0.1) is 0 Å². The molecule has 158 valence electrons. The lowest BCUT2D eigenvalue weighted by Crippen LogP contribution is -2.31. The molecule has 0 aliphatic carbocycles. The van der Waals surface area contributed by atoms with Gasteiger partial charge in [0, 0.05) is 36.1 Å². The van der Waals surface area contributed by atoms with Crippen LogP contribution in [0.4, 0.5) is 4.39 Å². The normalized spacial score (nSPS) is 18.0. The summed E-state index contributed by atoms with van der Waals surface area (Å²) in [5.74, 6) is -2.34. The van der Waals surface area contributed by atoms with Gasteiger partial charge in [-0.05, 0) is 48.4 Å². The molecule has 0 unspecified atom stereocenters. The second-order valence-electron chi connectivity index (χ2n) is 7.21. The van der Waals surface area contributed by atoms with Crippen molar-refractivity contribution in [3.05, 3.63) is 94.8 Å². The minimum absolute atomic E-state index is 0.0689. The van der Waals surface area contributed by atoms with E-state index in [0.717, 1.165) is 0 Å². The number of hydrogen-bond donors (Lipinski definition) is 1. The topological polar surface area (TPSA) is 75.4 Å². The number of amides is 1. The number of hydrogen-bond acceptors (Lipinski definition) is 4. The van der Waals surface area contributed by atoms with E-state index in [0.29, 0.717) is 29.1 Å². The van der Waals surface area contributed by atoms with Gasteiger partial charge in [0.1, 0.15) is 11.6 Å². The maximum atomic E-state index is 14.0. The first-order valence-electron chi connectivity index (χ1n) is 9.71. The number of carbonyl (C=O) groups is 2. The van der Waals surface area contributed by atoms with Crippen LogP contribution in [-0.4, -0.2) is 37.8 Å². The average Bonchev–Trinajstić information content (AvgIpc) is 3.36. The Kier molecular flexibility index (Phi) is 5.86. The van der Waals surface area contributed by atoms with Crippen LogP contribution in [0.25, 0.3) is 5.76 Å². The smallest absolute Gasteiger partial charge is 0.295 e. The molecule has 31 heavy (non-hydrogen) atoms. The summed E-state index contributed by atoms with van der Waals surface area (Å²) in [7, 11) is 0. The van der Waals surface area contributed by atoms with Crippen LogP contribution in [0.3, 0.4) is 0 Å². The first-order valence-corrected chi connectivity index (χ1v) is 10.1. The van der Waals surface area contributed by atoms with Crippen molar-refractivity contribution in [3.63, 3.8) is 0 Å². The maximum absolute atomic E-state index is 14.0. The zero-order valence-corrected chi connectivity index (χ0v) is 17.2. The van der Waals surface area contributed by atoms with Crippen LogP contribution >= 0.6 is 11.6 Å². The highest BCUT2D eigenvalue weighted by molar-refractivity contribution is 6.46. The highest BCUT2D eigenvalue weighted by atomic mass is 35.5. The number of benzene rings is 2. The van der Waals surface area contributed by atoms with Gasteiger partial charge < -0.3 is 14.6 Å². The fraction of sp³-hybridized carbons (Fsp3) is 0.174. The van der Waals surface area contributed by atoms with Crippen molar-refractivity contribution in [2.75, 3.05) is 6.54 Å². The van der Waals surface area contributed by atoms with E-state index in [1.807, 2.05) is 4.57 Å². The Morgan fingerprint density at radius 2 is 1.90 bits per heavy atom. The van der Waals surface area contributed by atoms with Crippen molar-refractivity contribution in [2.24, 2.45) is 0 Å². The van der Waals surface area contributed by atoms with E-state index in [1.165, 1.54) is 23.1 Å². The van der Waals surface area contributed by atoms with E-state index in [9.17, 15) is 19.1 Å². The van der Waals surface area contributed by atoms with Gasteiger partial charge in [0.15, 0.2) is 0 Å². The Bertz CT molecular complexity index is 1140. The van der Waals surface area contributed by atoms with Crippen molar-refractivity contribution in [1.82, 2.24) is 14.5 Å². The molecular weight excluding hydrogens is 421 g/mol. The highest BCUT2D eigenvalue weighted by Crippen LogP contribution is 2.39. The van der Waals surface area contributed by atoms with E-state index < -0.39 is 23.5 Å². The standard InChI is InChI=1S/C23H19ClFN3O3/c24-17-7-5-15(6-8-17)21(29)19-20(16-3-1-4-18(25)13-16)28(23(31)22(19)30)11-2-10-27-12-9-26-14-27/h1,3-9,12-14,20,29H,2,10-11H2/t20-/m1/s1. The van der Waals surface area contributed by atoms with Gasteiger partial charge in [0.05, 0.1) is 17.9 Å². The number of imidazole rings is 1. The van der Waals surface area contributed by atoms with Crippen LogP contribution < -0.4 is 0 Å². The quantitative estimate of drug-likeness (QED) is 0.355. The Hall–Kier alpha value is -3.45. The van der Waals surface area contributed by atoms with E-state index in [2.05, 4.69) is 4.98 Å². The molecule has 6 nitrogen and oxygen atoms in total. The molecule has 0 spiro atoms. The van der Waals surface area contributed by atoms with Gasteiger partial charge in [-0.3, -0.25) is 9.59 Å². The van der Waals surface area contributed by atoms with Crippen LogP contribution in [-0.2, 0) is 16.1 Å². The maximum Gasteiger partial charge on any atom is 0.295 e. The molecule has 1 aromatic heterocycles. The van der Waals surface area contributed by atoms with Crippen molar-refractivity contribution >= 4 is 29.1 Å². The minimum atomic E-state index is -0.894. The summed E-state index contributed by atoms with van der Waals surface area (Å²) in [6.45, 7) is 0.845. The molecule has 1 fully saturated rings. The first-order chi connectivity index (χ1) is 15.0. The molecule has 0 radical (unpaired) electrons. The molecule has 2 heterocycles. The third-order valence-electron chi connectivity index (χ3n) is 5.20. The molecule has 0 saturated carbocycles. The molecule has 1 N–H and O–H groups in total. The number of rotatable bonds is 6. The number of likely N-dealkylation sites (tertiary alicyclic amines) is 1. The van der Waals surface area contributed by atoms with Gasteiger partial charge in [-0.1, -0.05) is 23.7 Å². The van der Waals surface area contributed by atoms with Crippen LogP contribution in [0.5, 0.6) is 0 Å². The third-order valence-corrected chi connectivity index (χ3v) is 5.45. The predicted octanol–water partition coefficient (Wildman–Crippen LogP) is 4.19. The second kappa shape index (κ2) is 8.73. The van der Waals surface area contributed by atoms with Crippen molar-refractivity contribution < 1.29 is 19.1 Å².